The third-order valence-corrected chi connectivity index (χ3v) is 2.98. The highest BCUT2D eigenvalue weighted by Gasteiger charge is 2.03. The Hall–Kier alpha value is -1.29. The third-order valence-electron chi connectivity index (χ3n) is 2.37. The highest BCUT2D eigenvalue weighted by Crippen LogP contribution is 2.17. The number of halogens is 1. The van der Waals surface area contributed by atoms with Gasteiger partial charge >= 0.3 is 0 Å². The van der Waals surface area contributed by atoms with Gasteiger partial charge in [0.25, 0.3) is 0 Å². The molecule has 0 amide bonds. The molecule has 0 saturated heterocycles. The largest absolute Gasteiger partial charge is 0.381 e. The minimum absolute atomic E-state index is 0.532. The molecule has 0 aliphatic heterocycles. The molecule has 0 unspecified atom stereocenters. The number of nitrogen functional groups attached to an aromatic ring is 1. The Morgan fingerprint density at radius 2 is 1.88 bits per heavy atom. The molecule has 1 aromatic carbocycles. The van der Waals surface area contributed by atoms with Crippen LogP contribution < -0.4 is 5.73 Å². The predicted molar refractivity (Wildman–Crippen MR) is 69.4 cm³/mol. The number of nitrogens with zero attached hydrogens (tertiary/aromatic N) is 2. The maximum atomic E-state index is 5.68. The van der Waals surface area contributed by atoms with Crippen molar-refractivity contribution in [2.24, 2.45) is 0 Å². The zero-order valence-corrected chi connectivity index (χ0v) is 11.0. The average molecular weight is 280 g/mol. The SMILES string of the molecule is Cc1cc(C)cc(Cn2cc(Br)c(N)n2)c1. The normalized spacial score (nSPS) is 10.7. The Morgan fingerprint density at radius 3 is 2.38 bits per heavy atom. The number of nitrogens with two attached hydrogens (primary N) is 1. The molecule has 16 heavy (non-hydrogen) atoms. The summed E-state index contributed by atoms with van der Waals surface area (Å²) < 4.78 is 2.69. The van der Waals surface area contributed by atoms with Gasteiger partial charge in [-0.05, 0) is 35.3 Å². The van der Waals surface area contributed by atoms with Gasteiger partial charge in [-0.15, -0.1) is 0 Å². The van der Waals surface area contributed by atoms with Crippen molar-refractivity contribution in [3.05, 3.63) is 45.6 Å². The minimum Gasteiger partial charge on any atom is -0.381 e. The second kappa shape index (κ2) is 4.29. The number of aromatic nitrogens is 2. The second-order valence-corrected chi connectivity index (χ2v) is 4.91. The molecule has 1 aromatic heterocycles. The van der Waals surface area contributed by atoms with Crippen LogP contribution in [0.2, 0.25) is 0 Å². The molecule has 3 nitrogen and oxygen atoms in total. The molecule has 4 heteroatoms. The van der Waals surface area contributed by atoms with Gasteiger partial charge in [-0.25, -0.2) is 0 Å². The smallest absolute Gasteiger partial charge is 0.159 e. The van der Waals surface area contributed by atoms with E-state index in [9.17, 15) is 0 Å². The molecule has 2 N–H and O–H groups in total. The van der Waals surface area contributed by atoms with Gasteiger partial charge in [0.2, 0.25) is 0 Å². The van der Waals surface area contributed by atoms with Gasteiger partial charge in [-0.3, -0.25) is 4.68 Å². The summed E-state index contributed by atoms with van der Waals surface area (Å²) in [5.74, 6) is 0.532. The van der Waals surface area contributed by atoms with Crippen LogP contribution in [0.5, 0.6) is 0 Å². The number of hydrogen-bond donors (Lipinski definition) is 1. The minimum atomic E-state index is 0.532. The summed E-state index contributed by atoms with van der Waals surface area (Å²) in [6.07, 6.45) is 1.90. The van der Waals surface area contributed by atoms with Crippen molar-refractivity contribution in [2.45, 2.75) is 20.4 Å². The number of benzene rings is 1. The summed E-state index contributed by atoms with van der Waals surface area (Å²) in [5, 5.41) is 4.21. The number of aryl methyl sites for hydroxylation is 2. The van der Waals surface area contributed by atoms with E-state index in [1.807, 2.05) is 10.9 Å². The molecule has 2 rings (SSSR count). The highest BCUT2D eigenvalue weighted by molar-refractivity contribution is 9.10. The van der Waals surface area contributed by atoms with E-state index in [1.54, 1.807) is 0 Å². The molecule has 0 saturated carbocycles. The molecule has 0 radical (unpaired) electrons. The fourth-order valence-corrected chi connectivity index (χ4v) is 2.16. The quantitative estimate of drug-likeness (QED) is 0.919. The van der Waals surface area contributed by atoms with E-state index in [2.05, 4.69) is 53.1 Å². The van der Waals surface area contributed by atoms with Crippen LogP contribution in [0, 0.1) is 13.8 Å². The molecule has 0 atom stereocenters. The van der Waals surface area contributed by atoms with E-state index in [4.69, 9.17) is 5.73 Å². The second-order valence-electron chi connectivity index (χ2n) is 4.06. The number of anilines is 1. The number of rotatable bonds is 2. The topological polar surface area (TPSA) is 43.8 Å². The van der Waals surface area contributed by atoms with Gasteiger partial charge in [-0.1, -0.05) is 29.3 Å². The fraction of sp³-hybridized carbons (Fsp3) is 0.250. The van der Waals surface area contributed by atoms with Gasteiger partial charge in [0.05, 0.1) is 11.0 Å². The monoisotopic (exact) mass is 279 g/mol. The Kier molecular flexibility index (Phi) is 3.01. The lowest BCUT2D eigenvalue weighted by molar-refractivity contribution is 0.689. The standard InChI is InChI=1S/C12H14BrN3/c1-8-3-9(2)5-10(4-8)6-16-7-11(13)12(14)15-16/h3-5,7H,6H2,1-2H3,(H2,14,15). The van der Waals surface area contributed by atoms with Crippen LogP contribution in [0.25, 0.3) is 0 Å². The summed E-state index contributed by atoms with van der Waals surface area (Å²) in [5.41, 5.74) is 9.46. The maximum absolute atomic E-state index is 5.68. The van der Waals surface area contributed by atoms with Crippen LogP contribution in [0.1, 0.15) is 16.7 Å². The summed E-state index contributed by atoms with van der Waals surface area (Å²) in [6.45, 7) is 4.95. The van der Waals surface area contributed by atoms with E-state index in [0.717, 1.165) is 11.0 Å². The first-order valence-corrected chi connectivity index (χ1v) is 5.89. The third kappa shape index (κ3) is 2.44. The highest BCUT2D eigenvalue weighted by atomic mass is 79.9. The molecule has 1 heterocycles. The summed E-state index contributed by atoms with van der Waals surface area (Å²) >= 11 is 3.35. The Balaban J connectivity index is 2.26. The van der Waals surface area contributed by atoms with Crippen LogP contribution in [-0.2, 0) is 6.54 Å². The van der Waals surface area contributed by atoms with Crippen molar-refractivity contribution in [3.63, 3.8) is 0 Å². The van der Waals surface area contributed by atoms with Gasteiger partial charge < -0.3 is 5.73 Å². The van der Waals surface area contributed by atoms with E-state index in [0.29, 0.717) is 5.82 Å². The maximum Gasteiger partial charge on any atom is 0.159 e. The molecule has 84 valence electrons. The van der Waals surface area contributed by atoms with Crippen LogP contribution >= 0.6 is 15.9 Å². The predicted octanol–water partition coefficient (Wildman–Crippen LogP) is 2.89. The molecular formula is C12H14BrN3. The van der Waals surface area contributed by atoms with Crippen molar-refractivity contribution >= 4 is 21.7 Å². The van der Waals surface area contributed by atoms with E-state index < -0.39 is 0 Å². The van der Waals surface area contributed by atoms with Crippen molar-refractivity contribution in [1.29, 1.82) is 0 Å². The lowest BCUT2D eigenvalue weighted by Gasteiger charge is -2.05. The summed E-state index contributed by atoms with van der Waals surface area (Å²) in [4.78, 5) is 0. The first-order chi connectivity index (χ1) is 7.54. The molecule has 0 spiro atoms. The van der Waals surface area contributed by atoms with Gasteiger partial charge in [0.15, 0.2) is 5.82 Å². The summed E-state index contributed by atoms with van der Waals surface area (Å²) in [7, 11) is 0. The Bertz CT molecular complexity index is 477. The lowest BCUT2D eigenvalue weighted by Crippen LogP contribution is -2.01. The first kappa shape index (κ1) is 11.2. The van der Waals surface area contributed by atoms with E-state index >= 15 is 0 Å². The average Bonchev–Trinajstić information content (AvgIpc) is 2.43. The molecule has 0 bridgehead atoms. The van der Waals surface area contributed by atoms with Crippen LogP contribution in [0.3, 0.4) is 0 Å². The molecule has 0 aliphatic carbocycles. The van der Waals surface area contributed by atoms with E-state index in [1.165, 1.54) is 16.7 Å². The molecule has 2 aromatic rings. The van der Waals surface area contributed by atoms with Crippen LogP contribution in [0.4, 0.5) is 5.82 Å². The Labute approximate surface area is 103 Å². The molecule has 0 fully saturated rings. The fourth-order valence-electron chi connectivity index (χ4n) is 1.84. The van der Waals surface area contributed by atoms with Gasteiger partial charge in [-0.2, -0.15) is 5.10 Å². The van der Waals surface area contributed by atoms with Crippen molar-refractivity contribution in [1.82, 2.24) is 9.78 Å². The van der Waals surface area contributed by atoms with Crippen molar-refractivity contribution in [2.75, 3.05) is 5.73 Å². The first-order valence-electron chi connectivity index (χ1n) is 5.10. The van der Waals surface area contributed by atoms with Crippen molar-refractivity contribution in [3.8, 4) is 0 Å². The molecular weight excluding hydrogens is 266 g/mol. The van der Waals surface area contributed by atoms with E-state index in [-0.39, 0.29) is 0 Å². The zero-order chi connectivity index (χ0) is 11.7. The molecule has 0 aliphatic rings. The lowest BCUT2D eigenvalue weighted by atomic mass is 10.1. The van der Waals surface area contributed by atoms with Crippen LogP contribution in [-0.4, -0.2) is 9.78 Å². The van der Waals surface area contributed by atoms with Crippen LogP contribution in [0.15, 0.2) is 28.9 Å². The summed E-state index contributed by atoms with van der Waals surface area (Å²) in [6, 6.07) is 6.49. The number of hydrogen-bond acceptors (Lipinski definition) is 2. The Morgan fingerprint density at radius 1 is 1.25 bits per heavy atom. The van der Waals surface area contributed by atoms with Crippen molar-refractivity contribution < 1.29 is 0 Å². The zero-order valence-electron chi connectivity index (χ0n) is 9.37. The van der Waals surface area contributed by atoms with Gasteiger partial charge in [0.1, 0.15) is 0 Å². The van der Waals surface area contributed by atoms with Gasteiger partial charge in [0, 0.05) is 6.20 Å².